The highest BCUT2D eigenvalue weighted by atomic mass is 32.2. The van der Waals surface area contributed by atoms with Crippen LogP contribution in [0.2, 0.25) is 0 Å². The lowest BCUT2D eigenvalue weighted by Crippen LogP contribution is -2.44. The van der Waals surface area contributed by atoms with E-state index in [4.69, 9.17) is 0 Å². The number of carbonyl (C=O) groups is 1. The largest absolute Gasteiger partial charge is 0.342 e. The lowest BCUT2D eigenvalue weighted by Gasteiger charge is -2.34. The Bertz CT molecular complexity index is 994. The molecule has 2 aliphatic heterocycles. The number of hydrogen-bond donors (Lipinski definition) is 2. The minimum Gasteiger partial charge on any atom is -0.342 e. The first-order valence-electron chi connectivity index (χ1n) is 8.93. The van der Waals surface area contributed by atoms with E-state index in [9.17, 15) is 18.0 Å². The molecular formula is C17H22N4O4S. The van der Waals surface area contributed by atoms with E-state index in [0.29, 0.717) is 37.1 Å². The van der Waals surface area contributed by atoms with Gasteiger partial charge in [-0.3, -0.25) is 4.79 Å². The van der Waals surface area contributed by atoms with Crippen LogP contribution in [-0.4, -0.2) is 59.7 Å². The van der Waals surface area contributed by atoms with Crippen molar-refractivity contribution in [1.82, 2.24) is 19.2 Å². The number of sulfonamides is 1. The van der Waals surface area contributed by atoms with Crippen LogP contribution in [0.1, 0.15) is 25.7 Å². The number of likely N-dealkylation sites (tertiary alicyclic amines) is 1. The molecule has 2 aromatic rings. The number of H-pyrrole nitrogens is 2. The lowest BCUT2D eigenvalue weighted by atomic mass is 9.99. The van der Waals surface area contributed by atoms with E-state index in [1.54, 1.807) is 6.07 Å². The second-order valence-corrected chi connectivity index (χ2v) is 9.04. The van der Waals surface area contributed by atoms with Gasteiger partial charge in [-0.2, -0.15) is 4.31 Å². The van der Waals surface area contributed by atoms with Crippen LogP contribution in [0.25, 0.3) is 11.0 Å². The number of imidazole rings is 1. The maximum Gasteiger partial charge on any atom is 0.323 e. The average molecular weight is 378 g/mol. The number of rotatable bonds is 4. The molecule has 0 radical (unpaired) electrons. The topological polar surface area (TPSA) is 106 Å². The SMILES string of the molecule is O=C1CCCN1CC1CCCN(S(=O)(=O)c2ccc3[nH]c(=O)[nH]c3c2)C1. The zero-order chi connectivity index (χ0) is 18.3. The summed E-state index contributed by atoms with van der Waals surface area (Å²) < 4.78 is 27.6. The van der Waals surface area contributed by atoms with Gasteiger partial charge in [-0.1, -0.05) is 0 Å². The molecule has 1 atom stereocenters. The van der Waals surface area contributed by atoms with Gasteiger partial charge in [-0.05, 0) is 43.4 Å². The fourth-order valence-electron chi connectivity index (χ4n) is 3.92. The van der Waals surface area contributed by atoms with Gasteiger partial charge in [-0.15, -0.1) is 0 Å². The van der Waals surface area contributed by atoms with E-state index in [-0.39, 0.29) is 22.4 Å². The van der Waals surface area contributed by atoms with Gasteiger partial charge in [0.15, 0.2) is 0 Å². The van der Waals surface area contributed by atoms with Crippen molar-refractivity contribution in [3.05, 3.63) is 28.7 Å². The van der Waals surface area contributed by atoms with Gasteiger partial charge in [-0.25, -0.2) is 13.2 Å². The molecule has 2 aliphatic rings. The number of hydrogen-bond acceptors (Lipinski definition) is 4. The molecule has 0 bridgehead atoms. The Labute approximate surface area is 151 Å². The number of piperidine rings is 1. The van der Waals surface area contributed by atoms with Gasteiger partial charge in [0.05, 0.1) is 15.9 Å². The van der Waals surface area contributed by atoms with Crippen LogP contribution in [0.3, 0.4) is 0 Å². The molecule has 1 aromatic heterocycles. The van der Waals surface area contributed by atoms with Crippen molar-refractivity contribution in [3.63, 3.8) is 0 Å². The number of amides is 1. The molecule has 1 unspecified atom stereocenters. The summed E-state index contributed by atoms with van der Waals surface area (Å²) in [6.45, 7) is 2.32. The zero-order valence-electron chi connectivity index (χ0n) is 14.4. The van der Waals surface area contributed by atoms with E-state index in [2.05, 4.69) is 9.97 Å². The third-order valence-electron chi connectivity index (χ3n) is 5.26. The van der Waals surface area contributed by atoms with Crippen molar-refractivity contribution >= 4 is 27.0 Å². The number of aromatic amines is 2. The molecule has 0 saturated carbocycles. The quantitative estimate of drug-likeness (QED) is 0.823. The van der Waals surface area contributed by atoms with Gasteiger partial charge < -0.3 is 14.9 Å². The molecule has 2 saturated heterocycles. The first-order chi connectivity index (χ1) is 12.4. The number of nitrogens with one attached hydrogen (secondary N) is 2. The molecule has 2 fully saturated rings. The molecule has 4 rings (SSSR count). The van der Waals surface area contributed by atoms with Crippen LogP contribution in [0.15, 0.2) is 27.9 Å². The van der Waals surface area contributed by atoms with E-state index in [1.807, 2.05) is 4.90 Å². The Hall–Kier alpha value is -2.13. The number of nitrogens with zero attached hydrogens (tertiary/aromatic N) is 2. The van der Waals surface area contributed by atoms with Gasteiger partial charge in [0.1, 0.15) is 0 Å². The molecule has 140 valence electrons. The molecule has 0 aliphatic carbocycles. The Morgan fingerprint density at radius 1 is 1.08 bits per heavy atom. The Morgan fingerprint density at radius 2 is 1.88 bits per heavy atom. The second-order valence-electron chi connectivity index (χ2n) is 7.10. The Balaban J connectivity index is 1.54. The Kier molecular flexibility index (Phi) is 4.36. The van der Waals surface area contributed by atoms with Crippen LogP contribution in [-0.2, 0) is 14.8 Å². The van der Waals surface area contributed by atoms with E-state index < -0.39 is 10.0 Å². The Morgan fingerprint density at radius 3 is 2.65 bits per heavy atom. The summed E-state index contributed by atoms with van der Waals surface area (Å²) in [5.41, 5.74) is 0.702. The minimum atomic E-state index is -3.63. The predicted octanol–water partition coefficient (Wildman–Crippen LogP) is 0.879. The van der Waals surface area contributed by atoms with Crippen molar-refractivity contribution in [3.8, 4) is 0 Å². The summed E-state index contributed by atoms with van der Waals surface area (Å²) in [6.07, 6.45) is 3.21. The molecule has 1 amide bonds. The van der Waals surface area contributed by atoms with Crippen molar-refractivity contribution in [2.24, 2.45) is 5.92 Å². The second kappa shape index (κ2) is 6.55. The molecule has 8 nitrogen and oxygen atoms in total. The molecule has 9 heteroatoms. The molecular weight excluding hydrogens is 356 g/mol. The highest BCUT2D eigenvalue weighted by Gasteiger charge is 2.32. The fraction of sp³-hybridized carbons (Fsp3) is 0.529. The average Bonchev–Trinajstić information content (AvgIpc) is 3.19. The van der Waals surface area contributed by atoms with Crippen LogP contribution in [0, 0.1) is 5.92 Å². The highest BCUT2D eigenvalue weighted by molar-refractivity contribution is 7.89. The third-order valence-corrected chi connectivity index (χ3v) is 7.12. The number of fused-ring (bicyclic) bond motifs is 1. The van der Waals surface area contributed by atoms with E-state index in [1.165, 1.54) is 16.4 Å². The molecule has 1 aromatic carbocycles. The fourth-order valence-corrected chi connectivity index (χ4v) is 5.51. The van der Waals surface area contributed by atoms with Crippen LogP contribution >= 0.6 is 0 Å². The standard InChI is InChI=1S/C17H22N4O4S/c22-16-4-2-7-20(16)10-12-3-1-8-21(11-12)26(24,25)13-5-6-14-15(9-13)19-17(23)18-14/h5-6,9,12H,1-4,7-8,10-11H2,(H2,18,19,23). The summed E-state index contributed by atoms with van der Waals surface area (Å²) in [6, 6.07) is 4.62. The van der Waals surface area contributed by atoms with Gasteiger partial charge in [0.25, 0.3) is 0 Å². The normalized spacial score (nSPS) is 22.4. The van der Waals surface area contributed by atoms with E-state index in [0.717, 1.165) is 25.8 Å². The number of carbonyl (C=O) groups excluding carboxylic acids is 1. The van der Waals surface area contributed by atoms with Gasteiger partial charge >= 0.3 is 5.69 Å². The molecule has 2 N–H and O–H groups in total. The summed E-state index contributed by atoms with van der Waals surface area (Å²) in [7, 11) is -3.63. The van der Waals surface area contributed by atoms with Crippen molar-refractivity contribution < 1.29 is 13.2 Å². The van der Waals surface area contributed by atoms with Gasteiger partial charge in [0.2, 0.25) is 15.9 Å². The first kappa shape index (κ1) is 17.3. The predicted molar refractivity (Wildman–Crippen MR) is 96.2 cm³/mol. The lowest BCUT2D eigenvalue weighted by molar-refractivity contribution is -0.128. The van der Waals surface area contributed by atoms with Crippen molar-refractivity contribution in [2.75, 3.05) is 26.2 Å². The summed E-state index contributed by atoms with van der Waals surface area (Å²) in [5.74, 6) is 0.336. The third kappa shape index (κ3) is 3.16. The maximum absolute atomic E-state index is 13.0. The summed E-state index contributed by atoms with van der Waals surface area (Å²) in [4.78, 5) is 30.5. The van der Waals surface area contributed by atoms with Crippen molar-refractivity contribution in [1.29, 1.82) is 0 Å². The summed E-state index contributed by atoms with van der Waals surface area (Å²) >= 11 is 0. The first-order valence-corrected chi connectivity index (χ1v) is 10.4. The molecule has 0 spiro atoms. The van der Waals surface area contributed by atoms with Gasteiger partial charge in [0, 0.05) is 32.6 Å². The highest BCUT2D eigenvalue weighted by Crippen LogP contribution is 2.26. The molecule has 3 heterocycles. The summed E-state index contributed by atoms with van der Waals surface area (Å²) in [5, 5.41) is 0. The van der Waals surface area contributed by atoms with Crippen LogP contribution < -0.4 is 5.69 Å². The maximum atomic E-state index is 13.0. The number of benzene rings is 1. The minimum absolute atomic E-state index is 0.163. The molecule has 26 heavy (non-hydrogen) atoms. The zero-order valence-corrected chi connectivity index (χ0v) is 15.2. The van der Waals surface area contributed by atoms with Crippen molar-refractivity contribution in [2.45, 2.75) is 30.6 Å². The van der Waals surface area contributed by atoms with Crippen LogP contribution in [0.4, 0.5) is 0 Å². The van der Waals surface area contributed by atoms with Crippen LogP contribution in [0.5, 0.6) is 0 Å². The smallest absolute Gasteiger partial charge is 0.323 e. The monoisotopic (exact) mass is 378 g/mol. The van der Waals surface area contributed by atoms with E-state index >= 15 is 0 Å². The number of aromatic nitrogens is 2.